The number of hydrogen-bond acceptors (Lipinski definition) is 5. The zero-order chi connectivity index (χ0) is 18.4. The van der Waals surface area contributed by atoms with Gasteiger partial charge in [-0.15, -0.1) is 0 Å². The summed E-state index contributed by atoms with van der Waals surface area (Å²) in [7, 11) is 1.97. The molecule has 5 rings (SSSR count). The Hall–Kier alpha value is -2.08. The molecule has 27 heavy (non-hydrogen) atoms. The third-order valence-corrected chi connectivity index (χ3v) is 6.49. The molecule has 6 nitrogen and oxygen atoms in total. The van der Waals surface area contributed by atoms with E-state index in [0.717, 1.165) is 46.5 Å². The number of pyridine rings is 1. The first-order chi connectivity index (χ1) is 13.2. The van der Waals surface area contributed by atoms with Crippen molar-refractivity contribution in [1.82, 2.24) is 20.2 Å². The Morgan fingerprint density at radius 3 is 2.74 bits per heavy atom. The number of nitrogens with one attached hydrogen (secondary N) is 2. The zero-order valence-corrected chi connectivity index (χ0v) is 16.3. The van der Waals surface area contributed by atoms with E-state index in [1.807, 2.05) is 17.9 Å². The van der Waals surface area contributed by atoms with Crippen LogP contribution in [0.4, 0.5) is 5.69 Å². The minimum absolute atomic E-state index is 0.142. The highest BCUT2D eigenvalue weighted by Crippen LogP contribution is 2.41. The average molecular weight is 367 g/mol. The van der Waals surface area contributed by atoms with Gasteiger partial charge in [-0.2, -0.15) is 5.10 Å². The van der Waals surface area contributed by atoms with E-state index in [9.17, 15) is 0 Å². The molecule has 2 saturated carbocycles. The van der Waals surface area contributed by atoms with Crippen molar-refractivity contribution in [2.75, 3.05) is 5.32 Å². The van der Waals surface area contributed by atoms with Crippen molar-refractivity contribution in [1.29, 1.82) is 0 Å². The number of fused-ring (bicyclic) bond motifs is 1. The van der Waals surface area contributed by atoms with Crippen LogP contribution in [0.2, 0.25) is 0 Å². The molecular weight excluding hydrogens is 338 g/mol. The van der Waals surface area contributed by atoms with E-state index in [1.54, 1.807) is 0 Å². The lowest BCUT2D eigenvalue weighted by molar-refractivity contribution is -0.0557. The summed E-state index contributed by atoms with van der Waals surface area (Å²) in [6, 6.07) is 0.528. The molecule has 0 amide bonds. The van der Waals surface area contributed by atoms with Crippen molar-refractivity contribution in [2.24, 2.45) is 7.05 Å². The predicted molar refractivity (Wildman–Crippen MR) is 107 cm³/mol. The number of anilines is 1. The van der Waals surface area contributed by atoms with Gasteiger partial charge in [-0.3, -0.25) is 15.0 Å². The minimum Gasteiger partial charge on any atom is -0.381 e. The zero-order valence-electron chi connectivity index (χ0n) is 16.3. The van der Waals surface area contributed by atoms with Crippen molar-refractivity contribution in [2.45, 2.75) is 76.4 Å². The Labute approximate surface area is 160 Å². The van der Waals surface area contributed by atoms with Crippen LogP contribution in [-0.2, 0) is 11.9 Å². The summed E-state index contributed by atoms with van der Waals surface area (Å²) >= 11 is 0. The van der Waals surface area contributed by atoms with Gasteiger partial charge in [0.05, 0.1) is 22.5 Å². The average Bonchev–Trinajstić information content (AvgIpc) is 3.38. The molecular formula is C21H29N5O. The van der Waals surface area contributed by atoms with E-state index in [-0.39, 0.29) is 5.60 Å². The number of aromatic nitrogens is 3. The highest BCUT2D eigenvalue weighted by Gasteiger charge is 2.37. The minimum atomic E-state index is -0.142. The van der Waals surface area contributed by atoms with Gasteiger partial charge in [-0.1, -0.05) is 32.1 Å². The first kappa shape index (κ1) is 17.0. The van der Waals surface area contributed by atoms with Crippen LogP contribution in [0.5, 0.6) is 0 Å². The molecule has 6 heteroatoms. The van der Waals surface area contributed by atoms with Crippen LogP contribution in [0.25, 0.3) is 16.7 Å². The van der Waals surface area contributed by atoms with Crippen molar-refractivity contribution >= 4 is 22.4 Å². The molecule has 0 bridgehead atoms. The number of hydroxylamine groups is 1. The third-order valence-electron chi connectivity index (χ3n) is 6.49. The standard InChI is InChI=1S/C21H29N5O/c1-14-18-19(23-15-8-4-5-9-15)16(13-22-20(18)26(2)24-14)17-12-21(27-25-17)10-6-3-7-11-21/h12-13,15,25H,3-11H2,1-2H3,(H,22,23). The van der Waals surface area contributed by atoms with E-state index in [4.69, 9.17) is 9.82 Å². The summed E-state index contributed by atoms with van der Waals surface area (Å²) in [5.74, 6) is 0. The fourth-order valence-corrected chi connectivity index (χ4v) is 5.05. The Balaban J connectivity index is 1.61. The van der Waals surface area contributed by atoms with E-state index in [1.165, 1.54) is 44.9 Å². The van der Waals surface area contributed by atoms with Crippen LogP contribution in [0, 0.1) is 6.92 Å². The first-order valence-corrected chi connectivity index (χ1v) is 10.4. The van der Waals surface area contributed by atoms with E-state index in [2.05, 4.69) is 28.9 Å². The second-order valence-corrected chi connectivity index (χ2v) is 8.47. The summed E-state index contributed by atoms with van der Waals surface area (Å²) in [6.07, 6.45) is 15.3. The largest absolute Gasteiger partial charge is 0.381 e. The highest BCUT2D eigenvalue weighted by atomic mass is 16.7. The monoisotopic (exact) mass is 367 g/mol. The molecule has 3 heterocycles. The predicted octanol–water partition coefficient (Wildman–Crippen LogP) is 4.21. The van der Waals surface area contributed by atoms with E-state index >= 15 is 0 Å². The molecule has 144 valence electrons. The number of nitrogens with zero attached hydrogens (tertiary/aromatic N) is 3. The molecule has 2 fully saturated rings. The van der Waals surface area contributed by atoms with Crippen LogP contribution in [0.1, 0.15) is 69.0 Å². The van der Waals surface area contributed by atoms with Crippen LogP contribution in [0.15, 0.2) is 12.3 Å². The van der Waals surface area contributed by atoms with Gasteiger partial charge in [0.1, 0.15) is 5.60 Å². The van der Waals surface area contributed by atoms with E-state index in [0.29, 0.717) is 6.04 Å². The van der Waals surface area contributed by atoms with Crippen LogP contribution in [-0.4, -0.2) is 26.4 Å². The second-order valence-electron chi connectivity index (χ2n) is 8.47. The molecule has 0 aromatic carbocycles. The summed E-state index contributed by atoms with van der Waals surface area (Å²) in [5, 5.41) is 9.60. The summed E-state index contributed by atoms with van der Waals surface area (Å²) in [4.78, 5) is 10.8. The molecule has 2 aromatic rings. The molecule has 3 aliphatic rings. The van der Waals surface area contributed by atoms with Crippen molar-refractivity contribution in [3.05, 3.63) is 23.5 Å². The lowest BCUT2D eigenvalue weighted by Gasteiger charge is -2.29. The molecule has 0 atom stereocenters. The lowest BCUT2D eigenvalue weighted by atomic mass is 9.84. The molecule has 0 unspecified atom stereocenters. The molecule has 2 aliphatic carbocycles. The van der Waals surface area contributed by atoms with E-state index < -0.39 is 0 Å². The van der Waals surface area contributed by atoms with Gasteiger partial charge in [-0.05, 0) is 38.7 Å². The van der Waals surface area contributed by atoms with Gasteiger partial charge in [0.2, 0.25) is 0 Å². The number of aryl methyl sites for hydroxylation is 2. The second kappa shape index (κ2) is 6.51. The fraction of sp³-hybridized carbons (Fsp3) is 0.619. The Morgan fingerprint density at radius 1 is 1.19 bits per heavy atom. The van der Waals surface area contributed by atoms with Gasteiger partial charge in [0, 0.05) is 24.8 Å². The van der Waals surface area contributed by atoms with Crippen molar-refractivity contribution in [3.8, 4) is 0 Å². The maximum absolute atomic E-state index is 6.10. The van der Waals surface area contributed by atoms with Gasteiger partial charge >= 0.3 is 0 Å². The maximum atomic E-state index is 6.10. The normalized spacial score (nSPS) is 22.4. The highest BCUT2D eigenvalue weighted by molar-refractivity contribution is 5.97. The Kier molecular flexibility index (Phi) is 4.11. The van der Waals surface area contributed by atoms with Crippen LogP contribution >= 0.6 is 0 Å². The Bertz CT molecular complexity index is 888. The SMILES string of the molecule is Cc1nn(C)c2ncc(C3=CC4(CCCCC4)ON3)c(NC3CCCC3)c12. The molecule has 0 radical (unpaired) electrons. The Morgan fingerprint density at radius 2 is 1.96 bits per heavy atom. The molecule has 2 N–H and O–H groups in total. The molecule has 2 aromatic heterocycles. The smallest absolute Gasteiger partial charge is 0.159 e. The summed E-state index contributed by atoms with van der Waals surface area (Å²) in [6.45, 7) is 2.07. The van der Waals surface area contributed by atoms with Crippen LogP contribution in [0.3, 0.4) is 0 Å². The van der Waals surface area contributed by atoms with Gasteiger partial charge in [-0.25, -0.2) is 4.98 Å². The number of hydrogen-bond donors (Lipinski definition) is 2. The third kappa shape index (κ3) is 2.90. The number of rotatable bonds is 3. The first-order valence-electron chi connectivity index (χ1n) is 10.4. The lowest BCUT2D eigenvalue weighted by Crippen LogP contribution is -2.31. The molecule has 1 aliphatic heterocycles. The maximum Gasteiger partial charge on any atom is 0.159 e. The fourth-order valence-electron chi connectivity index (χ4n) is 5.05. The summed E-state index contributed by atoms with van der Waals surface area (Å²) < 4.78 is 1.88. The topological polar surface area (TPSA) is 64.0 Å². The van der Waals surface area contributed by atoms with Gasteiger partial charge in [0.15, 0.2) is 5.65 Å². The van der Waals surface area contributed by atoms with Crippen molar-refractivity contribution in [3.63, 3.8) is 0 Å². The molecule has 0 saturated heterocycles. The van der Waals surface area contributed by atoms with Gasteiger partial charge < -0.3 is 5.32 Å². The van der Waals surface area contributed by atoms with Crippen LogP contribution < -0.4 is 10.8 Å². The quantitative estimate of drug-likeness (QED) is 0.851. The van der Waals surface area contributed by atoms with Gasteiger partial charge in [0.25, 0.3) is 0 Å². The summed E-state index contributed by atoms with van der Waals surface area (Å²) in [5.41, 5.74) is 8.37. The van der Waals surface area contributed by atoms with Crippen molar-refractivity contribution < 1.29 is 4.84 Å². The molecule has 1 spiro atoms.